The van der Waals surface area contributed by atoms with Crippen molar-refractivity contribution in [1.82, 2.24) is 4.98 Å². The molecular formula is C16H13BrN2. The van der Waals surface area contributed by atoms with E-state index < -0.39 is 0 Å². The van der Waals surface area contributed by atoms with Crippen LogP contribution in [-0.2, 0) is 6.54 Å². The van der Waals surface area contributed by atoms with E-state index >= 15 is 0 Å². The minimum atomic E-state index is 0.764. The topological polar surface area (TPSA) is 24.9 Å². The van der Waals surface area contributed by atoms with Crippen molar-refractivity contribution in [2.45, 2.75) is 6.54 Å². The molecule has 1 N–H and O–H groups in total. The summed E-state index contributed by atoms with van der Waals surface area (Å²) < 4.78 is 1.00. The molecule has 0 aliphatic heterocycles. The minimum Gasteiger partial charge on any atom is -0.380 e. The Labute approximate surface area is 120 Å². The first-order valence-corrected chi connectivity index (χ1v) is 6.93. The summed E-state index contributed by atoms with van der Waals surface area (Å²) in [5, 5.41) is 5.96. The summed E-state index contributed by atoms with van der Waals surface area (Å²) in [6, 6.07) is 16.8. The molecule has 3 aromatic rings. The summed E-state index contributed by atoms with van der Waals surface area (Å²) in [5.74, 6) is 0. The van der Waals surface area contributed by atoms with Crippen molar-refractivity contribution in [3.63, 3.8) is 0 Å². The molecule has 0 unspecified atom stereocenters. The monoisotopic (exact) mass is 312 g/mol. The zero-order chi connectivity index (χ0) is 13.1. The first-order chi connectivity index (χ1) is 9.33. The molecule has 1 aromatic heterocycles. The van der Waals surface area contributed by atoms with Gasteiger partial charge < -0.3 is 5.32 Å². The van der Waals surface area contributed by atoms with Gasteiger partial charge in [0.15, 0.2) is 0 Å². The highest BCUT2D eigenvalue weighted by atomic mass is 79.9. The third-order valence-electron chi connectivity index (χ3n) is 3.03. The maximum absolute atomic E-state index is 4.17. The summed E-state index contributed by atoms with van der Waals surface area (Å²) in [5.41, 5.74) is 2.31. The van der Waals surface area contributed by atoms with Gasteiger partial charge in [-0.3, -0.25) is 4.98 Å². The van der Waals surface area contributed by atoms with Gasteiger partial charge in [0.25, 0.3) is 0 Å². The van der Waals surface area contributed by atoms with E-state index in [1.165, 1.54) is 10.8 Å². The smallest absolute Gasteiger partial charge is 0.0422 e. The van der Waals surface area contributed by atoms with Crippen LogP contribution in [0, 0.1) is 0 Å². The second-order valence-corrected chi connectivity index (χ2v) is 5.31. The largest absolute Gasteiger partial charge is 0.380 e. The fourth-order valence-corrected chi connectivity index (χ4v) is 2.54. The van der Waals surface area contributed by atoms with E-state index in [1.54, 1.807) is 6.20 Å². The molecule has 2 aromatic carbocycles. The Morgan fingerprint density at radius 2 is 1.84 bits per heavy atom. The fourth-order valence-electron chi connectivity index (χ4n) is 2.13. The van der Waals surface area contributed by atoms with Crippen LogP contribution in [0.3, 0.4) is 0 Å². The third-order valence-corrected chi connectivity index (χ3v) is 3.47. The number of nitrogens with one attached hydrogen (secondary N) is 1. The summed E-state index contributed by atoms with van der Waals surface area (Å²) >= 11 is 3.44. The number of hydrogen-bond donors (Lipinski definition) is 1. The van der Waals surface area contributed by atoms with Crippen molar-refractivity contribution in [2.24, 2.45) is 0 Å². The SMILES string of the molecule is Brc1cncc(CNc2cccc3ccccc23)c1. The van der Waals surface area contributed by atoms with Gasteiger partial charge in [-0.05, 0) is 39.0 Å². The minimum absolute atomic E-state index is 0.764. The van der Waals surface area contributed by atoms with Gasteiger partial charge in [0.2, 0.25) is 0 Å². The van der Waals surface area contributed by atoms with E-state index in [0.29, 0.717) is 0 Å². The first-order valence-electron chi connectivity index (χ1n) is 6.14. The molecule has 0 fully saturated rings. The number of aromatic nitrogens is 1. The number of fused-ring (bicyclic) bond motifs is 1. The van der Waals surface area contributed by atoms with E-state index in [1.807, 2.05) is 6.20 Å². The maximum Gasteiger partial charge on any atom is 0.0422 e. The predicted molar refractivity (Wildman–Crippen MR) is 83.2 cm³/mol. The molecule has 0 amide bonds. The third kappa shape index (κ3) is 2.76. The quantitative estimate of drug-likeness (QED) is 0.764. The molecule has 2 nitrogen and oxygen atoms in total. The second kappa shape index (κ2) is 5.41. The van der Waals surface area contributed by atoms with Crippen molar-refractivity contribution in [3.05, 3.63) is 71.0 Å². The number of halogens is 1. The number of benzene rings is 2. The molecule has 0 spiro atoms. The van der Waals surface area contributed by atoms with Crippen molar-refractivity contribution in [1.29, 1.82) is 0 Å². The molecule has 3 heteroatoms. The summed E-state index contributed by atoms with van der Waals surface area (Å²) in [6.07, 6.45) is 3.67. The molecule has 0 saturated carbocycles. The van der Waals surface area contributed by atoms with Crippen LogP contribution < -0.4 is 5.32 Å². The van der Waals surface area contributed by atoms with E-state index in [9.17, 15) is 0 Å². The van der Waals surface area contributed by atoms with Gasteiger partial charge in [-0.2, -0.15) is 0 Å². The molecule has 0 atom stereocenters. The van der Waals surface area contributed by atoms with E-state index in [2.05, 4.69) is 74.8 Å². The van der Waals surface area contributed by atoms with Crippen molar-refractivity contribution in [2.75, 3.05) is 5.32 Å². The van der Waals surface area contributed by atoms with Crippen LogP contribution >= 0.6 is 15.9 Å². The normalized spacial score (nSPS) is 10.6. The average molecular weight is 313 g/mol. The molecule has 0 radical (unpaired) electrons. The summed E-state index contributed by atoms with van der Waals surface area (Å²) in [6.45, 7) is 0.764. The van der Waals surface area contributed by atoms with Gasteiger partial charge in [0, 0.05) is 34.5 Å². The highest BCUT2D eigenvalue weighted by molar-refractivity contribution is 9.10. The number of pyridine rings is 1. The average Bonchev–Trinajstić information content (AvgIpc) is 2.45. The molecule has 0 aliphatic rings. The second-order valence-electron chi connectivity index (χ2n) is 4.39. The summed E-state index contributed by atoms with van der Waals surface area (Å²) in [4.78, 5) is 4.17. The molecular weight excluding hydrogens is 300 g/mol. The number of anilines is 1. The number of hydrogen-bond acceptors (Lipinski definition) is 2. The molecule has 1 heterocycles. The van der Waals surface area contributed by atoms with Gasteiger partial charge in [-0.25, -0.2) is 0 Å². The van der Waals surface area contributed by atoms with Crippen molar-refractivity contribution < 1.29 is 0 Å². The number of rotatable bonds is 3. The van der Waals surface area contributed by atoms with Crippen molar-refractivity contribution in [3.8, 4) is 0 Å². The zero-order valence-electron chi connectivity index (χ0n) is 10.3. The fraction of sp³-hybridized carbons (Fsp3) is 0.0625. The summed E-state index contributed by atoms with van der Waals surface area (Å²) in [7, 11) is 0. The molecule has 0 saturated heterocycles. The van der Waals surface area contributed by atoms with Crippen molar-refractivity contribution >= 4 is 32.4 Å². The van der Waals surface area contributed by atoms with Gasteiger partial charge >= 0.3 is 0 Å². The Balaban J connectivity index is 1.86. The Morgan fingerprint density at radius 1 is 1.00 bits per heavy atom. The standard InChI is InChI=1S/C16H13BrN2/c17-14-8-12(9-18-11-14)10-19-16-7-3-5-13-4-1-2-6-15(13)16/h1-9,11,19H,10H2. The highest BCUT2D eigenvalue weighted by Gasteiger charge is 2.00. The van der Waals surface area contributed by atoms with Crippen LogP contribution in [0.4, 0.5) is 5.69 Å². The lowest BCUT2D eigenvalue weighted by molar-refractivity contribution is 1.11. The number of nitrogens with zero attached hydrogens (tertiary/aromatic N) is 1. The van der Waals surface area contributed by atoms with Gasteiger partial charge in [0.1, 0.15) is 0 Å². The van der Waals surface area contributed by atoms with Crippen LogP contribution in [-0.4, -0.2) is 4.98 Å². The Kier molecular flexibility index (Phi) is 3.47. The zero-order valence-corrected chi connectivity index (χ0v) is 11.9. The Hall–Kier alpha value is -1.87. The van der Waals surface area contributed by atoms with Crippen LogP contribution in [0.1, 0.15) is 5.56 Å². The van der Waals surface area contributed by atoms with E-state index in [4.69, 9.17) is 0 Å². The molecule has 19 heavy (non-hydrogen) atoms. The predicted octanol–water partition coefficient (Wildman–Crippen LogP) is 4.61. The van der Waals surface area contributed by atoms with E-state index in [-0.39, 0.29) is 0 Å². The van der Waals surface area contributed by atoms with Crippen LogP contribution in [0.5, 0.6) is 0 Å². The Morgan fingerprint density at radius 3 is 2.74 bits per heavy atom. The van der Waals surface area contributed by atoms with Gasteiger partial charge in [-0.1, -0.05) is 36.4 Å². The lowest BCUT2D eigenvalue weighted by Gasteiger charge is -2.09. The van der Waals surface area contributed by atoms with Crippen LogP contribution in [0.25, 0.3) is 10.8 Å². The van der Waals surface area contributed by atoms with Crippen LogP contribution in [0.2, 0.25) is 0 Å². The molecule has 0 bridgehead atoms. The van der Waals surface area contributed by atoms with Crippen LogP contribution in [0.15, 0.2) is 65.4 Å². The first kappa shape index (κ1) is 12.2. The molecule has 3 rings (SSSR count). The maximum atomic E-state index is 4.17. The van der Waals surface area contributed by atoms with Gasteiger partial charge in [-0.15, -0.1) is 0 Å². The lowest BCUT2D eigenvalue weighted by atomic mass is 10.1. The molecule has 0 aliphatic carbocycles. The van der Waals surface area contributed by atoms with E-state index in [0.717, 1.165) is 22.3 Å². The van der Waals surface area contributed by atoms with Gasteiger partial charge in [0.05, 0.1) is 0 Å². The Bertz CT molecular complexity index is 704. The highest BCUT2D eigenvalue weighted by Crippen LogP contribution is 2.23. The lowest BCUT2D eigenvalue weighted by Crippen LogP contribution is -2.00. The molecule has 94 valence electrons.